The molecule has 0 spiro atoms. The van der Waals surface area contributed by atoms with Crippen molar-refractivity contribution in [3.05, 3.63) is 36.0 Å². The van der Waals surface area contributed by atoms with E-state index in [1.807, 2.05) is 19.2 Å². The summed E-state index contributed by atoms with van der Waals surface area (Å²) in [5.41, 5.74) is 7.58. The van der Waals surface area contributed by atoms with E-state index in [0.717, 1.165) is 23.3 Å². The van der Waals surface area contributed by atoms with Crippen molar-refractivity contribution in [1.29, 1.82) is 0 Å². The molecular weight excluding hydrogens is 190 g/mol. The molecule has 2 heterocycles. The van der Waals surface area contributed by atoms with Crippen molar-refractivity contribution in [3.8, 4) is 11.5 Å². The summed E-state index contributed by atoms with van der Waals surface area (Å²) in [5.74, 6) is 1.44. The van der Waals surface area contributed by atoms with Crippen LogP contribution in [-0.4, -0.2) is 16.5 Å². The molecule has 15 heavy (non-hydrogen) atoms. The summed E-state index contributed by atoms with van der Waals surface area (Å²) < 4.78 is 5.48. The number of hydrogen-bond acceptors (Lipinski definition) is 4. The maximum Gasteiger partial charge on any atom is 0.226 e. The van der Waals surface area contributed by atoms with E-state index >= 15 is 0 Å². The summed E-state index contributed by atoms with van der Waals surface area (Å²) in [7, 11) is 0. The minimum atomic E-state index is 0.596. The predicted octanol–water partition coefficient (Wildman–Crippen LogP) is 1.55. The Morgan fingerprint density at radius 3 is 2.93 bits per heavy atom. The zero-order valence-electron chi connectivity index (χ0n) is 8.60. The molecule has 0 saturated heterocycles. The number of oxazole rings is 1. The first kappa shape index (κ1) is 9.86. The third-order valence-corrected chi connectivity index (χ3v) is 2.17. The van der Waals surface area contributed by atoms with Gasteiger partial charge in [0.2, 0.25) is 5.89 Å². The molecule has 0 bridgehead atoms. The summed E-state index contributed by atoms with van der Waals surface area (Å²) in [6, 6.07) is 1.90. The summed E-state index contributed by atoms with van der Waals surface area (Å²) in [4.78, 5) is 8.26. The summed E-state index contributed by atoms with van der Waals surface area (Å²) in [6.07, 6.45) is 6.03. The molecule has 4 heteroatoms. The van der Waals surface area contributed by atoms with E-state index < -0.39 is 0 Å². The quantitative estimate of drug-likeness (QED) is 0.821. The van der Waals surface area contributed by atoms with Crippen LogP contribution in [0.25, 0.3) is 11.5 Å². The molecule has 78 valence electrons. The van der Waals surface area contributed by atoms with Crippen LogP contribution in [0.3, 0.4) is 0 Å². The molecule has 0 atom stereocenters. The molecule has 2 aromatic heterocycles. The van der Waals surface area contributed by atoms with Gasteiger partial charge >= 0.3 is 0 Å². The van der Waals surface area contributed by atoms with E-state index in [0.29, 0.717) is 12.4 Å². The lowest BCUT2D eigenvalue weighted by atomic mass is 10.1. The van der Waals surface area contributed by atoms with Crippen LogP contribution in [-0.2, 0) is 6.42 Å². The van der Waals surface area contributed by atoms with Gasteiger partial charge in [-0.1, -0.05) is 0 Å². The fourth-order valence-electron chi connectivity index (χ4n) is 1.47. The average molecular weight is 203 g/mol. The maximum atomic E-state index is 5.53. The van der Waals surface area contributed by atoms with Crippen LogP contribution in [0.2, 0.25) is 0 Å². The van der Waals surface area contributed by atoms with Crippen LogP contribution in [0, 0.1) is 6.92 Å². The zero-order chi connectivity index (χ0) is 10.7. The number of rotatable bonds is 3. The molecular formula is C11H13N3O. The summed E-state index contributed by atoms with van der Waals surface area (Å²) >= 11 is 0. The number of pyridine rings is 1. The van der Waals surface area contributed by atoms with E-state index in [1.165, 1.54) is 0 Å². The SMILES string of the molecule is Cc1cnc(-c2ccncc2CCN)o1. The van der Waals surface area contributed by atoms with Gasteiger partial charge in [0, 0.05) is 18.0 Å². The normalized spacial score (nSPS) is 10.5. The first-order chi connectivity index (χ1) is 7.31. The topological polar surface area (TPSA) is 64.9 Å². The second kappa shape index (κ2) is 4.23. The third-order valence-electron chi connectivity index (χ3n) is 2.17. The lowest BCUT2D eigenvalue weighted by molar-refractivity contribution is 0.541. The van der Waals surface area contributed by atoms with E-state index in [1.54, 1.807) is 12.4 Å². The van der Waals surface area contributed by atoms with Gasteiger partial charge in [-0.25, -0.2) is 4.98 Å². The molecule has 4 nitrogen and oxygen atoms in total. The Morgan fingerprint density at radius 2 is 2.27 bits per heavy atom. The minimum Gasteiger partial charge on any atom is -0.441 e. The van der Waals surface area contributed by atoms with Crippen LogP contribution in [0.15, 0.2) is 29.1 Å². The van der Waals surface area contributed by atoms with E-state index in [-0.39, 0.29) is 0 Å². The van der Waals surface area contributed by atoms with Gasteiger partial charge in [-0.05, 0) is 31.5 Å². The van der Waals surface area contributed by atoms with Gasteiger partial charge in [-0.15, -0.1) is 0 Å². The maximum absolute atomic E-state index is 5.53. The average Bonchev–Trinajstić information content (AvgIpc) is 2.66. The fourth-order valence-corrected chi connectivity index (χ4v) is 1.47. The highest BCUT2D eigenvalue weighted by Gasteiger charge is 2.09. The van der Waals surface area contributed by atoms with Crippen molar-refractivity contribution in [2.75, 3.05) is 6.54 Å². The zero-order valence-corrected chi connectivity index (χ0v) is 8.60. The monoisotopic (exact) mass is 203 g/mol. The molecule has 0 radical (unpaired) electrons. The van der Waals surface area contributed by atoms with E-state index in [9.17, 15) is 0 Å². The molecule has 2 rings (SSSR count). The molecule has 0 aliphatic carbocycles. The molecule has 2 aromatic rings. The Balaban J connectivity index is 2.42. The van der Waals surface area contributed by atoms with Crippen LogP contribution >= 0.6 is 0 Å². The number of nitrogens with zero attached hydrogens (tertiary/aromatic N) is 2. The first-order valence-electron chi connectivity index (χ1n) is 4.87. The van der Waals surface area contributed by atoms with Crippen LogP contribution in [0.5, 0.6) is 0 Å². The van der Waals surface area contributed by atoms with Crippen molar-refractivity contribution >= 4 is 0 Å². The highest BCUT2D eigenvalue weighted by Crippen LogP contribution is 2.22. The molecule has 0 fully saturated rings. The van der Waals surface area contributed by atoms with Gasteiger partial charge in [-0.2, -0.15) is 0 Å². The fraction of sp³-hybridized carbons (Fsp3) is 0.273. The Hall–Kier alpha value is -1.68. The van der Waals surface area contributed by atoms with Gasteiger partial charge in [0.15, 0.2) is 0 Å². The highest BCUT2D eigenvalue weighted by molar-refractivity contribution is 5.57. The second-order valence-corrected chi connectivity index (χ2v) is 3.35. The number of aromatic nitrogens is 2. The molecule has 0 saturated carbocycles. The van der Waals surface area contributed by atoms with Gasteiger partial charge in [-0.3, -0.25) is 4.98 Å². The molecule has 0 unspecified atom stereocenters. The smallest absolute Gasteiger partial charge is 0.226 e. The van der Waals surface area contributed by atoms with Gasteiger partial charge in [0.25, 0.3) is 0 Å². The van der Waals surface area contributed by atoms with Gasteiger partial charge in [0.05, 0.1) is 6.20 Å². The van der Waals surface area contributed by atoms with E-state index in [4.69, 9.17) is 10.2 Å². The standard InChI is InChI=1S/C11H13N3O/c1-8-6-14-11(15-8)10-3-5-13-7-9(10)2-4-12/h3,5-7H,2,4,12H2,1H3. The number of aryl methyl sites for hydroxylation is 1. The van der Waals surface area contributed by atoms with Crippen molar-refractivity contribution in [2.45, 2.75) is 13.3 Å². The lowest BCUT2D eigenvalue weighted by Crippen LogP contribution is -2.04. The van der Waals surface area contributed by atoms with Crippen LogP contribution in [0.1, 0.15) is 11.3 Å². The predicted molar refractivity (Wildman–Crippen MR) is 57.2 cm³/mol. The molecule has 0 aromatic carbocycles. The lowest BCUT2D eigenvalue weighted by Gasteiger charge is -2.03. The van der Waals surface area contributed by atoms with Crippen molar-refractivity contribution < 1.29 is 4.42 Å². The molecule has 0 amide bonds. The Labute approximate surface area is 88.2 Å². The highest BCUT2D eigenvalue weighted by atomic mass is 16.4. The third kappa shape index (κ3) is 2.05. The van der Waals surface area contributed by atoms with Crippen molar-refractivity contribution in [2.24, 2.45) is 5.73 Å². The number of hydrogen-bond donors (Lipinski definition) is 1. The van der Waals surface area contributed by atoms with Crippen LogP contribution < -0.4 is 5.73 Å². The number of nitrogens with two attached hydrogens (primary N) is 1. The van der Waals surface area contributed by atoms with Crippen molar-refractivity contribution in [3.63, 3.8) is 0 Å². The molecule has 0 aliphatic heterocycles. The first-order valence-corrected chi connectivity index (χ1v) is 4.87. The van der Waals surface area contributed by atoms with E-state index in [2.05, 4.69) is 9.97 Å². The van der Waals surface area contributed by atoms with Crippen LogP contribution in [0.4, 0.5) is 0 Å². The minimum absolute atomic E-state index is 0.596. The molecule has 2 N–H and O–H groups in total. The largest absolute Gasteiger partial charge is 0.441 e. The van der Waals surface area contributed by atoms with Gasteiger partial charge in [0.1, 0.15) is 5.76 Å². The Kier molecular flexibility index (Phi) is 2.78. The summed E-state index contributed by atoms with van der Waals surface area (Å²) in [6.45, 7) is 2.47. The Morgan fingerprint density at radius 1 is 1.40 bits per heavy atom. The van der Waals surface area contributed by atoms with Crippen molar-refractivity contribution in [1.82, 2.24) is 9.97 Å². The summed E-state index contributed by atoms with van der Waals surface area (Å²) in [5, 5.41) is 0. The van der Waals surface area contributed by atoms with Gasteiger partial charge < -0.3 is 10.2 Å². The Bertz CT molecular complexity index is 451. The molecule has 0 aliphatic rings. The second-order valence-electron chi connectivity index (χ2n) is 3.35.